The molecular formula is C22H27ClN4S. The summed E-state index contributed by atoms with van der Waals surface area (Å²) in [5.74, 6) is 0. The highest BCUT2D eigenvalue weighted by Crippen LogP contribution is 2.19. The number of aliphatic imine (C=N–C) groups is 1. The van der Waals surface area contributed by atoms with Gasteiger partial charge in [-0.15, -0.1) is 0 Å². The standard InChI is InChI=1S/C22H27ClN4S/c1-17-3-5-19(6-4-17)11-12-26-13-15-27(16-14-26)22(28-24)25-18(2)20-7-9-21(23)10-8-20/h3-10H,2,11-16,24H2,1H3/b25-22-. The monoisotopic (exact) mass is 414 g/mol. The average Bonchev–Trinajstić information content (AvgIpc) is 2.72. The predicted octanol–water partition coefficient (Wildman–Crippen LogP) is 4.44. The van der Waals surface area contributed by atoms with Crippen LogP contribution in [0.2, 0.25) is 5.02 Å². The first-order chi connectivity index (χ1) is 13.5. The number of amidine groups is 1. The number of benzene rings is 2. The molecule has 3 rings (SSSR count). The van der Waals surface area contributed by atoms with Gasteiger partial charge in [0.15, 0.2) is 5.17 Å². The minimum absolute atomic E-state index is 0.700. The zero-order valence-corrected chi connectivity index (χ0v) is 17.8. The van der Waals surface area contributed by atoms with Gasteiger partial charge in [-0.2, -0.15) is 0 Å². The van der Waals surface area contributed by atoms with Crippen LogP contribution >= 0.6 is 23.5 Å². The molecule has 0 aromatic heterocycles. The maximum atomic E-state index is 5.95. The van der Waals surface area contributed by atoms with Crippen LogP contribution < -0.4 is 5.14 Å². The second-order valence-corrected chi connectivity index (χ2v) is 8.07. The SMILES string of the molecule is C=C(/N=C(\SN)N1CCN(CCc2ccc(C)cc2)CC1)c1ccc(Cl)cc1. The molecule has 0 aliphatic carbocycles. The number of rotatable bonds is 5. The molecule has 28 heavy (non-hydrogen) atoms. The summed E-state index contributed by atoms with van der Waals surface area (Å²) >= 11 is 7.14. The van der Waals surface area contributed by atoms with Crippen LogP contribution in [0.25, 0.3) is 5.70 Å². The minimum Gasteiger partial charge on any atom is -0.348 e. The van der Waals surface area contributed by atoms with Crippen LogP contribution in [-0.2, 0) is 6.42 Å². The van der Waals surface area contributed by atoms with Crippen LogP contribution in [0.3, 0.4) is 0 Å². The Hall–Kier alpha value is -1.79. The first-order valence-electron chi connectivity index (χ1n) is 9.48. The first kappa shape index (κ1) is 20.9. The quantitative estimate of drug-likeness (QED) is 0.446. The molecule has 1 aliphatic heterocycles. The maximum absolute atomic E-state index is 5.95. The number of aryl methyl sites for hydroxylation is 1. The summed E-state index contributed by atoms with van der Waals surface area (Å²) in [6.07, 6.45) is 1.08. The Balaban J connectivity index is 1.52. The van der Waals surface area contributed by atoms with Crippen LogP contribution in [0, 0.1) is 6.92 Å². The highest BCUT2D eigenvalue weighted by atomic mass is 35.5. The van der Waals surface area contributed by atoms with Gasteiger partial charge in [-0.1, -0.05) is 60.1 Å². The zero-order valence-electron chi connectivity index (χ0n) is 16.3. The molecule has 2 aromatic rings. The largest absolute Gasteiger partial charge is 0.348 e. The highest BCUT2D eigenvalue weighted by Gasteiger charge is 2.20. The van der Waals surface area contributed by atoms with Crippen molar-refractivity contribution >= 4 is 34.4 Å². The van der Waals surface area contributed by atoms with Gasteiger partial charge in [0.25, 0.3) is 0 Å². The fourth-order valence-electron chi connectivity index (χ4n) is 3.20. The molecule has 2 aromatic carbocycles. The van der Waals surface area contributed by atoms with Gasteiger partial charge in [0.1, 0.15) is 0 Å². The summed E-state index contributed by atoms with van der Waals surface area (Å²) in [4.78, 5) is 9.42. The lowest BCUT2D eigenvalue weighted by Crippen LogP contribution is -2.48. The molecule has 0 atom stereocenters. The third kappa shape index (κ3) is 5.85. The predicted molar refractivity (Wildman–Crippen MR) is 123 cm³/mol. The number of hydrogen-bond acceptors (Lipinski definition) is 4. The van der Waals surface area contributed by atoms with Crippen molar-refractivity contribution in [3.8, 4) is 0 Å². The van der Waals surface area contributed by atoms with Gasteiger partial charge in [0, 0.05) is 37.7 Å². The Kier molecular flexibility index (Phi) is 7.57. The molecule has 0 saturated carbocycles. The molecule has 1 fully saturated rings. The topological polar surface area (TPSA) is 44.9 Å². The number of hydrogen-bond donors (Lipinski definition) is 1. The van der Waals surface area contributed by atoms with Crippen molar-refractivity contribution in [3.05, 3.63) is 76.8 Å². The molecular weight excluding hydrogens is 388 g/mol. The van der Waals surface area contributed by atoms with E-state index in [0.29, 0.717) is 10.7 Å². The number of piperazine rings is 1. The van der Waals surface area contributed by atoms with Crippen LogP contribution in [-0.4, -0.2) is 47.7 Å². The maximum Gasteiger partial charge on any atom is 0.179 e. The van der Waals surface area contributed by atoms with Gasteiger partial charge < -0.3 is 4.90 Å². The van der Waals surface area contributed by atoms with Crippen molar-refractivity contribution in [1.82, 2.24) is 9.80 Å². The Morgan fingerprint density at radius 1 is 1.07 bits per heavy atom. The van der Waals surface area contributed by atoms with Crippen LogP contribution in [0.1, 0.15) is 16.7 Å². The Bertz CT molecular complexity index is 809. The fourth-order valence-corrected chi connectivity index (χ4v) is 3.82. The van der Waals surface area contributed by atoms with Crippen molar-refractivity contribution in [3.63, 3.8) is 0 Å². The van der Waals surface area contributed by atoms with Gasteiger partial charge in [0.2, 0.25) is 0 Å². The summed E-state index contributed by atoms with van der Waals surface area (Å²) in [6, 6.07) is 16.4. The Morgan fingerprint density at radius 3 is 2.32 bits per heavy atom. The van der Waals surface area contributed by atoms with E-state index < -0.39 is 0 Å². The first-order valence-corrected chi connectivity index (χ1v) is 10.7. The van der Waals surface area contributed by atoms with Crippen LogP contribution in [0.4, 0.5) is 0 Å². The molecule has 0 bridgehead atoms. The molecule has 148 valence electrons. The lowest BCUT2D eigenvalue weighted by Gasteiger charge is -2.35. The van der Waals surface area contributed by atoms with E-state index in [-0.39, 0.29) is 0 Å². The summed E-state index contributed by atoms with van der Waals surface area (Å²) in [6.45, 7) is 11.2. The van der Waals surface area contributed by atoms with Crippen LogP contribution in [0.15, 0.2) is 60.1 Å². The fraction of sp³-hybridized carbons (Fsp3) is 0.318. The molecule has 0 spiro atoms. The second kappa shape index (κ2) is 10.1. The molecule has 0 radical (unpaired) electrons. The van der Waals surface area contributed by atoms with Gasteiger partial charge in [0.05, 0.1) is 5.70 Å². The minimum atomic E-state index is 0.700. The third-order valence-electron chi connectivity index (χ3n) is 4.99. The zero-order chi connectivity index (χ0) is 19.9. The molecule has 0 unspecified atom stereocenters. The van der Waals surface area contributed by atoms with E-state index in [9.17, 15) is 0 Å². The molecule has 6 heteroatoms. The van der Waals surface area contributed by atoms with Crippen molar-refractivity contribution < 1.29 is 0 Å². The van der Waals surface area contributed by atoms with Crippen molar-refractivity contribution in [1.29, 1.82) is 0 Å². The second-order valence-electron chi connectivity index (χ2n) is 7.03. The number of halogens is 1. The molecule has 2 N–H and O–H groups in total. The van der Waals surface area contributed by atoms with Gasteiger partial charge in [-0.05, 0) is 48.6 Å². The number of nitrogens with two attached hydrogens (primary N) is 1. The lowest BCUT2D eigenvalue weighted by molar-refractivity contribution is 0.186. The van der Waals surface area contributed by atoms with Crippen molar-refractivity contribution in [2.45, 2.75) is 13.3 Å². The summed E-state index contributed by atoms with van der Waals surface area (Å²) in [7, 11) is 0. The van der Waals surface area contributed by atoms with Gasteiger partial charge in [-0.3, -0.25) is 10.0 Å². The molecule has 1 heterocycles. The Labute approximate surface area is 177 Å². The van der Waals surface area contributed by atoms with E-state index in [1.54, 1.807) is 0 Å². The van der Waals surface area contributed by atoms with E-state index in [1.807, 2.05) is 24.3 Å². The third-order valence-corrected chi connectivity index (χ3v) is 5.81. The van der Waals surface area contributed by atoms with E-state index in [0.717, 1.165) is 49.9 Å². The summed E-state index contributed by atoms with van der Waals surface area (Å²) < 4.78 is 0. The smallest absolute Gasteiger partial charge is 0.179 e. The van der Waals surface area contributed by atoms with Gasteiger partial charge in [-0.25, -0.2) is 4.99 Å². The number of nitrogens with zero attached hydrogens (tertiary/aromatic N) is 3. The van der Waals surface area contributed by atoms with Gasteiger partial charge >= 0.3 is 0 Å². The average molecular weight is 415 g/mol. The van der Waals surface area contributed by atoms with E-state index in [4.69, 9.17) is 16.7 Å². The highest BCUT2D eigenvalue weighted by molar-refractivity contribution is 8.11. The van der Waals surface area contributed by atoms with E-state index in [1.165, 1.54) is 23.1 Å². The molecule has 1 aliphatic rings. The van der Waals surface area contributed by atoms with E-state index in [2.05, 4.69) is 52.6 Å². The molecule has 0 amide bonds. The van der Waals surface area contributed by atoms with E-state index >= 15 is 0 Å². The van der Waals surface area contributed by atoms with Crippen molar-refractivity contribution in [2.75, 3.05) is 32.7 Å². The summed E-state index contributed by atoms with van der Waals surface area (Å²) in [5, 5.41) is 7.43. The Morgan fingerprint density at radius 2 is 1.71 bits per heavy atom. The molecule has 1 saturated heterocycles. The normalized spacial score (nSPS) is 15.7. The molecule has 4 nitrogen and oxygen atoms in total. The summed E-state index contributed by atoms with van der Waals surface area (Å²) in [5.41, 5.74) is 4.36. The van der Waals surface area contributed by atoms with Crippen molar-refractivity contribution in [2.24, 2.45) is 10.1 Å². The van der Waals surface area contributed by atoms with Crippen LogP contribution in [0.5, 0.6) is 0 Å². The lowest BCUT2D eigenvalue weighted by atomic mass is 10.1.